The molecule has 0 unspecified atom stereocenters. The van der Waals surface area contributed by atoms with Gasteiger partial charge in [0.25, 0.3) is 0 Å². The van der Waals surface area contributed by atoms with Crippen LogP contribution in [-0.2, 0) is 13.0 Å². The number of rotatable bonds is 5. The van der Waals surface area contributed by atoms with Gasteiger partial charge in [-0.05, 0) is 42.8 Å². The number of hydrogen-bond donors (Lipinski definition) is 2. The minimum Gasteiger partial charge on any atom is -0.508 e. The molecule has 0 aliphatic heterocycles. The molecule has 0 bridgehead atoms. The predicted molar refractivity (Wildman–Crippen MR) is 74.6 cm³/mol. The van der Waals surface area contributed by atoms with Crippen LogP contribution in [0.25, 0.3) is 0 Å². The first-order valence-electron chi connectivity index (χ1n) is 6.47. The smallest absolute Gasteiger partial charge is 0.131 e. The van der Waals surface area contributed by atoms with Gasteiger partial charge >= 0.3 is 0 Å². The summed E-state index contributed by atoms with van der Waals surface area (Å²) in [7, 11) is 0. The highest BCUT2D eigenvalue weighted by Gasteiger charge is 2.10. The molecule has 2 N–H and O–H groups in total. The third-order valence-electron chi connectivity index (χ3n) is 3.10. The van der Waals surface area contributed by atoms with Gasteiger partial charge in [-0.3, -0.25) is 0 Å². The predicted octanol–water partition coefficient (Wildman–Crippen LogP) is 2.87. The fourth-order valence-corrected chi connectivity index (χ4v) is 1.95. The lowest BCUT2D eigenvalue weighted by Gasteiger charge is -2.08. The van der Waals surface area contributed by atoms with E-state index in [0.717, 1.165) is 17.7 Å². The van der Waals surface area contributed by atoms with E-state index >= 15 is 0 Å². The molecule has 108 valence electrons. The number of phenolic OH excluding ortho intramolecular Hbond substituents is 1. The number of hydrogen-bond acceptors (Lipinski definition) is 3. The number of nitriles is 1. The van der Waals surface area contributed by atoms with Crippen LogP contribution in [0.15, 0.2) is 36.4 Å². The maximum Gasteiger partial charge on any atom is 0.131 e. The molecule has 0 aromatic heterocycles. The monoisotopic (exact) mass is 288 g/mol. The highest BCUT2D eigenvalue weighted by molar-refractivity contribution is 5.34. The van der Waals surface area contributed by atoms with Crippen molar-refractivity contribution >= 4 is 0 Å². The zero-order chi connectivity index (χ0) is 15.2. The van der Waals surface area contributed by atoms with Gasteiger partial charge in [-0.15, -0.1) is 0 Å². The summed E-state index contributed by atoms with van der Waals surface area (Å²) >= 11 is 0. The van der Waals surface area contributed by atoms with E-state index in [1.54, 1.807) is 30.3 Å². The Hall–Kier alpha value is -2.45. The van der Waals surface area contributed by atoms with Crippen molar-refractivity contribution < 1.29 is 13.9 Å². The van der Waals surface area contributed by atoms with Crippen LogP contribution < -0.4 is 5.32 Å². The van der Waals surface area contributed by atoms with E-state index in [2.05, 4.69) is 5.32 Å². The van der Waals surface area contributed by atoms with Gasteiger partial charge in [0.15, 0.2) is 0 Å². The molecule has 0 saturated carbocycles. The van der Waals surface area contributed by atoms with Gasteiger partial charge in [-0.2, -0.15) is 5.26 Å². The molecule has 2 rings (SSSR count). The molecule has 0 aliphatic rings. The molecule has 0 aliphatic carbocycles. The molecular weight excluding hydrogens is 274 g/mol. The Morgan fingerprint density at radius 3 is 2.29 bits per heavy atom. The van der Waals surface area contributed by atoms with Crippen molar-refractivity contribution in [3.63, 3.8) is 0 Å². The zero-order valence-electron chi connectivity index (χ0n) is 11.2. The Morgan fingerprint density at radius 1 is 1.10 bits per heavy atom. The fraction of sp³-hybridized carbons (Fsp3) is 0.188. The minimum atomic E-state index is -0.719. The summed E-state index contributed by atoms with van der Waals surface area (Å²) in [4.78, 5) is 0. The van der Waals surface area contributed by atoms with E-state index in [4.69, 9.17) is 10.4 Å². The molecule has 5 heteroatoms. The first-order chi connectivity index (χ1) is 10.1. The zero-order valence-corrected chi connectivity index (χ0v) is 11.2. The van der Waals surface area contributed by atoms with Crippen molar-refractivity contribution in [2.75, 3.05) is 6.54 Å². The first-order valence-corrected chi connectivity index (χ1v) is 6.47. The summed E-state index contributed by atoms with van der Waals surface area (Å²) in [6, 6.07) is 10.5. The van der Waals surface area contributed by atoms with Crippen LogP contribution in [-0.4, -0.2) is 11.7 Å². The van der Waals surface area contributed by atoms with Crippen LogP contribution in [0, 0.1) is 23.0 Å². The number of phenols is 1. The van der Waals surface area contributed by atoms with E-state index in [-0.39, 0.29) is 23.4 Å². The molecule has 0 heterocycles. The first kappa shape index (κ1) is 14.9. The van der Waals surface area contributed by atoms with Crippen molar-refractivity contribution in [3.8, 4) is 11.8 Å². The van der Waals surface area contributed by atoms with Crippen LogP contribution >= 0.6 is 0 Å². The summed E-state index contributed by atoms with van der Waals surface area (Å²) in [6.45, 7) is 0.602. The van der Waals surface area contributed by atoms with E-state index in [1.807, 2.05) is 0 Å². The van der Waals surface area contributed by atoms with Gasteiger partial charge in [0.2, 0.25) is 0 Å². The maximum absolute atomic E-state index is 13.6. The molecule has 0 amide bonds. The van der Waals surface area contributed by atoms with Crippen molar-refractivity contribution in [1.29, 1.82) is 5.26 Å². The Labute approximate surface area is 121 Å². The molecule has 2 aromatic rings. The number of aromatic hydroxyl groups is 1. The normalized spacial score (nSPS) is 10.3. The van der Waals surface area contributed by atoms with Crippen molar-refractivity contribution in [3.05, 3.63) is 64.7 Å². The van der Waals surface area contributed by atoms with Crippen LogP contribution in [0.2, 0.25) is 0 Å². The summed E-state index contributed by atoms with van der Waals surface area (Å²) in [5.41, 5.74) is 0.915. The Bertz CT molecular complexity index is 640. The highest BCUT2D eigenvalue weighted by atomic mass is 19.1. The number of nitrogens with zero attached hydrogens (tertiary/aromatic N) is 1. The molecular formula is C16H14F2N2O. The van der Waals surface area contributed by atoms with Gasteiger partial charge < -0.3 is 10.4 Å². The molecule has 2 aromatic carbocycles. The second-order valence-corrected chi connectivity index (χ2v) is 4.62. The molecule has 0 spiro atoms. The topological polar surface area (TPSA) is 56.0 Å². The molecule has 0 saturated heterocycles. The van der Waals surface area contributed by atoms with Crippen LogP contribution in [0.5, 0.6) is 5.75 Å². The van der Waals surface area contributed by atoms with Crippen molar-refractivity contribution in [1.82, 2.24) is 5.32 Å². The van der Waals surface area contributed by atoms with E-state index in [1.165, 1.54) is 0 Å². The molecule has 0 radical (unpaired) electrons. The third kappa shape index (κ3) is 4.01. The lowest BCUT2D eigenvalue weighted by atomic mass is 10.1. The van der Waals surface area contributed by atoms with Gasteiger partial charge in [0, 0.05) is 12.1 Å². The minimum absolute atomic E-state index is 0.0298. The molecule has 0 fully saturated rings. The van der Waals surface area contributed by atoms with Crippen LogP contribution in [0.4, 0.5) is 8.78 Å². The van der Waals surface area contributed by atoms with Gasteiger partial charge in [-0.25, -0.2) is 8.78 Å². The maximum atomic E-state index is 13.6. The Balaban J connectivity index is 1.89. The molecule has 21 heavy (non-hydrogen) atoms. The molecule has 3 nitrogen and oxygen atoms in total. The van der Waals surface area contributed by atoms with Gasteiger partial charge in [0.05, 0.1) is 11.6 Å². The van der Waals surface area contributed by atoms with E-state index < -0.39 is 11.6 Å². The summed E-state index contributed by atoms with van der Waals surface area (Å²) in [5.74, 6) is -1.24. The van der Waals surface area contributed by atoms with E-state index in [9.17, 15) is 8.78 Å². The lowest BCUT2D eigenvalue weighted by Crippen LogP contribution is -2.18. The second-order valence-electron chi connectivity index (χ2n) is 4.62. The van der Waals surface area contributed by atoms with E-state index in [0.29, 0.717) is 13.0 Å². The molecule has 0 atom stereocenters. The van der Waals surface area contributed by atoms with Crippen LogP contribution in [0.3, 0.4) is 0 Å². The number of nitrogens with one attached hydrogen (secondary N) is 1. The second kappa shape index (κ2) is 6.82. The Kier molecular flexibility index (Phi) is 4.85. The highest BCUT2D eigenvalue weighted by Crippen LogP contribution is 2.15. The summed E-state index contributed by atoms with van der Waals surface area (Å²) in [5, 5.41) is 20.7. The summed E-state index contributed by atoms with van der Waals surface area (Å²) in [6.07, 6.45) is 0.680. The lowest BCUT2D eigenvalue weighted by molar-refractivity contribution is 0.475. The average Bonchev–Trinajstić information content (AvgIpc) is 2.47. The largest absolute Gasteiger partial charge is 0.508 e. The summed E-state index contributed by atoms with van der Waals surface area (Å²) < 4.78 is 27.3. The average molecular weight is 288 g/mol. The van der Waals surface area contributed by atoms with Gasteiger partial charge in [-0.1, -0.05) is 12.1 Å². The number of halogens is 2. The standard InChI is InChI=1S/C16H14F2N2O/c17-15-7-12(9-19)8-16(18)14(15)10-20-6-5-11-1-3-13(21)4-2-11/h1-4,7-8,20-21H,5-6,10H2. The fourth-order valence-electron chi connectivity index (χ4n) is 1.95. The van der Waals surface area contributed by atoms with Crippen molar-refractivity contribution in [2.24, 2.45) is 0 Å². The SMILES string of the molecule is N#Cc1cc(F)c(CNCCc2ccc(O)cc2)c(F)c1. The number of benzene rings is 2. The quantitative estimate of drug-likeness (QED) is 0.832. The van der Waals surface area contributed by atoms with Gasteiger partial charge in [0.1, 0.15) is 17.4 Å². The third-order valence-corrected chi connectivity index (χ3v) is 3.10. The van der Waals surface area contributed by atoms with Crippen LogP contribution in [0.1, 0.15) is 16.7 Å². The van der Waals surface area contributed by atoms with Crippen molar-refractivity contribution in [2.45, 2.75) is 13.0 Å². The Morgan fingerprint density at radius 2 is 1.71 bits per heavy atom.